The second-order valence-electron chi connectivity index (χ2n) is 2.34. The smallest absolute Gasteiger partial charge is 0.341 e. The van der Waals surface area contributed by atoms with Crippen LogP contribution in [0.25, 0.3) is 0 Å². The molecular weight excluding hydrogens is 200 g/mol. The molecule has 82 valence electrons. The Hall–Kier alpha value is -1.88. The van der Waals surface area contributed by atoms with Gasteiger partial charge in [-0.3, -0.25) is 4.79 Å². The maximum atomic E-state index is 10.4. The molecule has 1 aromatic rings. The van der Waals surface area contributed by atoms with Crippen molar-refractivity contribution < 1.29 is 24.5 Å². The first-order valence-corrected chi connectivity index (χ1v) is 4.07. The average molecular weight is 212 g/mol. The van der Waals surface area contributed by atoms with Crippen LogP contribution in [-0.4, -0.2) is 36.2 Å². The van der Waals surface area contributed by atoms with Crippen molar-refractivity contribution in [3.05, 3.63) is 29.8 Å². The fourth-order valence-corrected chi connectivity index (χ4v) is 0.849. The maximum absolute atomic E-state index is 10.4. The lowest BCUT2D eigenvalue weighted by atomic mass is 10.2. The number of aldehydes is 1. The molecule has 1 rings (SSSR count). The summed E-state index contributed by atoms with van der Waals surface area (Å²) in [5, 5.41) is 15.3. The second kappa shape index (κ2) is 7.52. The summed E-state index contributed by atoms with van der Waals surface area (Å²) < 4.78 is 4.86. The Balaban J connectivity index is 0.000000921. The van der Waals surface area contributed by atoms with Gasteiger partial charge in [0.05, 0.1) is 5.56 Å². The number of ether oxygens (including phenoxy) is 1. The van der Waals surface area contributed by atoms with Gasteiger partial charge in [-0.25, -0.2) is 4.79 Å². The number of carbonyl (C=O) groups excluding carboxylic acids is 1. The summed E-state index contributed by atoms with van der Waals surface area (Å²) in [5.41, 5.74) is 0.351. The number of aliphatic hydroxyl groups is 1. The summed E-state index contributed by atoms with van der Waals surface area (Å²) in [6.07, 6.45) is 0.622. The molecule has 0 unspecified atom stereocenters. The molecule has 0 amide bonds. The van der Waals surface area contributed by atoms with Crippen LogP contribution in [0.2, 0.25) is 0 Å². The van der Waals surface area contributed by atoms with Crippen molar-refractivity contribution in [3.63, 3.8) is 0 Å². The normalized spacial score (nSPS) is 8.40. The van der Waals surface area contributed by atoms with E-state index in [0.717, 1.165) is 7.11 Å². The van der Waals surface area contributed by atoms with Gasteiger partial charge in [0.25, 0.3) is 0 Å². The maximum Gasteiger partial charge on any atom is 0.341 e. The number of carboxylic acids is 1. The highest BCUT2D eigenvalue weighted by Gasteiger charge is 2.03. The third-order valence-corrected chi connectivity index (χ3v) is 1.40. The van der Waals surface area contributed by atoms with E-state index in [-0.39, 0.29) is 0 Å². The Morgan fingerprint density at radius 1 is 1.40 bits per heavy atom. The monoisotopic (exact) mass is 212 g/mol. The van der Waals surface area contributed by atoms with Crippen LogP contribution in [0.4, 0.5) is 0 Å². The van der Waals surface area contributed by atoms with Gasteiger partial charge in [0.15, 0.2) is 12.9 Å². The average Bonchev–Trinajstić information content (AvgIpc) is 2.29. The fraction of sp³-hybridized carbons (Fsp3) is 0.200. The minimum atomic E-state index is -1.07. The van der Waals surface area contributed by atoms with Crippen LogP contribution in [0.1, 0.15) is 10.4 Å². The van der Waals surface area contributed by atoms with Gasteiger partial charge in [-0.1, -0.05) is 12.1 Å². The topological polar surface area (TPSA) is 83.8 Å². The van der Waals surface area contributed by atoms with Gasteiger partial charge < -0.3 is 14.9 Å². The fourth-order valence-electron chi connectivity index (χ4n) is 0.849. The summed E-state index contributed by atoms with van der Waals surface area (Å²) in [7, 11) is 1.00. The van der Waals surface area contributed by atoms with E-state index in [1.54, 1.807) is 24.3 Å². The van der Waals surface area contributed by atoms with Crippen molar-refractivity contribution >= 4 is 12.3 Å². The molecule has 0 aliphatic carbocycles. The van der Waals surface area contributed by atoms with Crippen molar-refractivity contribution in [2.24, 2.45) is 0 Å². The zero-order valence-electron chi connectivity index (χ0n) is 8.21. The van der Waals surface area contributed by atoms with Gasteiger partial charge in [-0.05, 0) is 12.1 Å². The number of aliphatic carboxylic acids is 1. The van der Waals surface area contributed by atoms with Crippen LogP contribution in [0, 0.1) is 0 Å². The van der Waals surface area contributed by atoms with Crippen LogP contribution in [0.15, 0.2) is 24.3 Å². The molecule has 0 bridgehead atoms. The van der Waals surface area contributed by atoms with Gasteiger partial charge in [-0.2, -0.15) is 0 Å². The number of carboxylic acid groups (broad SMARTS) is 1. The zero-order chi connectivity index (χ0) is 11.7. The number of hydrogen-bond acceptors (Lipinski definition) is 4. The highest BCUT2D eigenvalue weighted by atomic mass is 16.5. The quantitative estimate of drug-likeness (QED) is 0.713. The number of carbonyl (C=O) groups is 2. The van der Waals surface area contributed by atoms with Crippen LogP contribution >= 0.6 is 0 Å². The molecule has 2 N–H and O–H groups in total. The molecule has 5 heteroatoms. The predicted molar refractivity (Wildman–Crippen MR) is 53.1 cm³/mol. The van der Waals surface area contributed by atoms with Crippen molar-refractivity contribution in [2.45, 2.75) is 0 Å². The molecule has 0 aromatic heterocycles. The summed E-state index contributed by atoms with van der Waals surface area (Å²) in [6.45, 7) is -0.440. The van der Waals surface area contributed by atoms with E-state index in [1.807, 2.05) is 0 Å². The molecule has 0 saturated heterocycles. The van der Waals surface area contributed by atoms with Crippen LogP contribution in [0.5, 0.6) is 5.75 Å². The van der Waals surface area contributed by atoms with Crippen molar-refractivity contribution in [3.8, 4) is 5.75 Å². The van der Waals surface area contributed by atoms with E-state index in [1.165, 1.54) is 0 Å². The van der Waals surface area contributed by atoms with Gasteiger partial charge in [0.2, 0.25) is 0 Å². The molecule has 5 nitrogen and oxygen atoms in total. The first kappa shape index (κ1) is 13.1. The highest BCUT2D eigenvalue weighted by Crippen LogP contribution is 2.14. The summed E-state index contributed by atoms with van der Waals surface area (Å²) in [4.78, 5) is 20.6. The molecule has 0 saturated carbocycles. The molecule has 0 heterocycles. The first-order valence-electron chi connectivity index (χ1n) is 4.07. The van der Waals surface area contributed by atoms with Crippen molar-refractivity contribution in [2.75, 3.05) is 13.7 Å². The molecule has 0 spiro atoms. The molecule has 0 atom stereocenters. The van der Waals surface area contributed by atoms with Gasteiger partial charge in [-0.15, -0.1) is 0 Å². The van der Waals surface area contributed by atoms with Crippen molar-refractivity contribution in [1.29, 1.82) is 0 Å². The molecule has 0 radical (unpaired) electrons. The van der Waals surface area contributed by atoms with E-state index in [2.05, 4.69) is 0 Å². The van der Waals surface area contributed by atoms with Gasteiger partial charge in [0.1, 0.15) is 5.75 Å². The Morgan fingerprint density at radius 3 is 2.53 bits per heavy atom. The Bertz CT molecular complexity index is 321. The lowest BCUT2D eigenvalue weighted by Gasteiger charge is -2.04. The molecule has 1 aromatic carbocycles. The predicted octanol–water partition coefficient (Wildman–Crippen LogP) is 0.571. The summed E-state index contributed by atoms with van der Waals surface area (Å²) in [5.74, 6) is -0.777. The third kappa shape index (κ3) is 4.78. The van der Waals surface area contributed by atoms with Crippen LogP contribution in [-0.2, 0) is 4.79 Å². The number of hydrogen-bond donors (Lipinski definition) is 2. The Morgan fingerprint density at radius 2 is 2.00 bits per heavy atom. The Kier molecular flexibility index (Phi) is 6.57. The minimum absolute atomic E-state index is 0.292. The van der Waals surface area contributed by atoms with Gasteiger partial charge >= 0.3 is 5.97 Å². The minimum Gasteiger partial charge on any atom is -0.481 e. The largest absolute Gasteiger partial charge is 0.481 e. The number of rotatable bonds is 4. The summed E-state index contributed by atoms with van der Waals surface area (Å²) >= 11 is 0. The lowest BCUT2D eigenvalue weighted by Crippen LogP contribution is -2.10. The first-order chi connectivity index (χ1) is 7.24. The van der Waals surface area contributed by atoms with E-state index in [9.17, 15) is 9.59 Å². The molecular formula is C10H12O5. The second-order valence-corrected chi connectivity index (χ2v) is 2.34. The molecule has 0 fully saturated rings. The van der Waals surface area contributed by atoms with E-state index in [4.69, 9.17) is 14.9 Å². The van der Waals surface area contributed by atoms with E-state index < -0.39 is 12.6 Å². The van der Waals surface area contributed by atoms with Gasteiger partial charge in [0, 0.05) is 7.11 Å². The number of aliphatic hydroxyl groups excluding tert-OH is 1. The standard InChI is InChI=1S/C9H8O4.CH4O/c10-5-7-3-1-2-4-8(7)13-6-9(11)12;1-2/h1-5H,6H2,(H,11,12);2H,1H3. The number of benzene rings is 1. The van der Waals surface area contributed by atoms with Crippen LogP contribution < -0.4 is 4.74 Å². The third-order valence-electron chi connectivity index (χ3n) is 1.40. The lowest BCUT2D eigenvalue weighted by molar-refractivity contribution is -0.139. The van der Waals surface area contributed by atoms with Crippen LogP contribution in [0.3, 0.4) is 0 Å². The SMILES string of the molecule is CO.O=Cc1ccccc1OCC(=O)O. The highest BCUT2D eigenvalue weighted by molar-refractivity contribution is 5.79. The van der Waals surface area contributed by atoms with E-state index >= 15 is 0 Å². The van der Waals surface area contributed by atoms with E-state index in [0.29, 0.717) is 17.6 Å². The van der Waals surface area contributed by atoms with Crippen molar-refractivity contribution in [1.82, 2.24) is 0 Å². The molecule has 15 heavy (non-hydrogen) atoms. The molecule has 0 aliphatic rings. The summed E-state index contributed by atoms with van der Waals surface area (Å²) in [6, 6.07) is 6.46. The molecule has 0 aliphatic heterocycles. The number of para-hydroxylation sites is 1. The Labute approximate surface area is 86.9 Å². The zero-order valence-corrected chi connectivity index (χ0v) is 8.21.